The molecule has 1 heterocycles. The van der Waals surface area contributed by atoms with Crippen LogP contribution in [0.25, 0.3) is 0 Å². The number of anilines is 1. The summed E-state index contributed by atoms with van der Waals surface area (Å²) >= 11 is 0. The fraction of sp³-hybridized carbons (Fsp3) is 0.474. The van der Waals surface area contributed by atoms with Gasteiger partial charge in [0, 0.05) is 23.9 Å². The van der Waals surface area contributed by atoms with Gasteiger partial charge in [-0.05, 0) is 31.4 Å². The van der Waals surface area contributed by atoms with E-state index in [-0.39, 0.29) is 23.0 Å². The van der Waals surface area contributed by atoms with E-state index in [4.69, 9.17) is 0 Å². The van der Waals surface area contributed by atoms with Crippen molar-refractivity contribution in [3.8, 4) is 0 Å². The topological polar surface area (TPSA) is 113 Å². The highest BCUT2D eigenvalue weighted by Crippen LogP contribution is 2.34. The Labute approximate surface area is 157 Å². The summed E-state index contributed by atoms with van der Waals surface area (Å²) in [6.07, 6.45) is 5.54. The first-order valence-corrected chi connectivity index (χ1v) is 9.26. The van der Waals surface area contributed by atoms with E-state index in [1.54, 1.807) is 0 Å². The number of carbonyl (C=O) groups excluding carboxylic acids is 1. The van der Waals surface area contributed by atoms with Crippen LogP contribution in [0.5, 0.6) is 0 Å². The fourth-order valence-corrected chi connectivity index (χ4v) is 3.93. The summed E-state index contributed by atoms with van der Waals surface area (Å²) in [7, 11) is 0. The van der Waals surface area contributed by atoms with Gasteiger partial charge in [0.1, 0.15) is 5.70 Å². The Bertz CT molecular complexity index is 781. The van der Waals surface area contributed by atoms with Gasteiger partial charge in [0.25, 0.3) is 11.6 Å². The average molecular weight is 373 g/mol. The number of nitrogens with one attached hydrogen (secondary N) is 1. The molecule has 2 aliphatic rings. The van der Waals surface area contributed by atoms with Crippen LogP contribution < -0.4 is 10.2 Å². The zero-order valence-corrected chi connectivity index (χ0v) is 15.2. The van der Waals surface area contributed by atoms with Crippen LogP contribution in [0.4, 0.5) is 11.4 Å². The summed E-state index contributed by atoms with van der Waals surface area (Å²) in [6.45, 7) is 1.82. The second-order valence-electron chi connectivity index (χ2n) is 6.95. The number of benzene rings is 1. The Kier molecular flexibility index (Phi) is 5.43. The molecule has 1 aromatic rings. The van der Waals surface area contributed by atoms with E-state index in [9.17, 15) is 24.8 Å². The molecule has 2 N–H and O–H groups in total. The maximum Gasteiger partial charge on any atom is 0.336 e. The lowest BCUT2D eigenvalue weighted by Crippen LogP contribution is -2.38. The molecular formula is C19H23N3O5. The molecule has 1 aromatic carbocycles. The molecule has 1 atom stereocenters. The lowest BCUT2D eigenvalue weighted by atomic mass is 9.95. The van der Waals surface area contributed by atoms with E-state index in [1.807, 2.05) is 6.92 Å². The number of rotatable bonds is 6. The lowest BCUT2D eigenvalue weighted by Gasteiger charge is -2.26. The van der Waals surface area contributed by atoms with Crippen LogP contribution in [0.3, 0.4) is 0 Å². The van der Waals surface area contributed by atoms with E-state index < -0.39 is 22.8 Å². The summed E-state index contributed by atoms with van der Waals surface area (Å²) in [4.78, 5) is 36.8. The van der Waals surface area contributed by atoms with E-state index in [2.05, 4.69) is 5.32 Å². The summed E-state index contributed by atoms with van der Waals surface area (Å²) in [5.41, 5.74) is 0.605. The first-order chi connectivity index (χ1) is 12.9. The third kappa shape index (κ3) is 3.65. The number of non-ortho nitro benzene ring substituents is 1. The molecule has 1 fully saturated rings. The van der Waals surface area contributed by atoms with Crippen LogP contribution in [0, 0.1) is 10.1 Å². The van der Waals surface area contributed by atoms with E-state index >= 15 is 0 Å². The molecule has 1 amide bonds. The van der Waals surface area contributed by atoms with Gasteiger partial charge in [0.2, 0.25) is 0 Å². The van der Waals surface area contributed by atoms with Crippen molar-refractivity contribution >= 4 is 23.3 Å². The Morgan fingerprint density at radius 3 is 2.41 bits per heavy atom. The normalized spacial score (nSPS) is 20.9. The smallest absolute Gasteiger partial charge is 0.336 e. The molecule has 144 valence electrons. The standard InChI is InChI=1S/C19H23N3O5/c1-2-15-16(19(24)25)17(20-12-6-4-3-5-7-12)18(23)21(15)13-8-10-14(11-9-13)22(26)27/h8-12,15,20H,2-7H2,1H3,(H,24,25). The van der Waals surface area contributed by atoms with Crippen LogP contribution in [0.2, 0.25) is 0 Å². The van der Waals surface area contributed by atoms with Gasteiger partial charge >= 0.3 is 5.97 Å². The van der Waals surface area contributed by atoms with Crippen LogP contribution in [0.1, 0.15) is 45.4 Å². The number of hydrogen-bond acceptors (Lipinski definition) is 5. The second-order valence-corrected chi connectivity index (χ2v) is 6.95. The van der Waals surface area contributed by atoms with Gasteiger partial charge in [-0.3, -0.25) is 19.8 Å². The molecule has 8 nitrogen and oxygen atoms in total. The zero-order chi connectivity index (χ0) is 19.6. The Balaban J connectivity index is 1.94. The van der Waals surface area contributed by atoms with E-state index in [0.717, 1.165) is 32.1 Å². The number of carboxylic acid groups (broad SMARTS) is 1. The summed E-state index contributed by atoms with van der Waals surface area (Å²) in [5.74, 6) is -1.50. The van der Waals surface area contributed by atoms with Crippen molar-refractivity contribution in [1.82, 2.24) is 5.32 Å². The molecule has 1 aliphatic carbocycles. The van der Waals surface area contributed by atoms with E-state index in [1.165, 1.54) is 29.2 Å². The number of amides is 1. The molecule has 0 radical (unpaired) electrons. The summed E-state index contributed by atoms with van der Waals surface area (Å²) in [6, 6.07) is 5.11. The highest BCUT2D eigenvalue weighted by atomic mass is 16.6. The highest BCUT2D eigenvalue weighted by molar-refractivity contribution is 6.15. The third-order valence-corrected chi connectivity index (χ3v) is 5.26. The van der Waals surface area contributed by atoms with Gasteiger partial charge in [0.05, 0.1) is 16.5 Å². The monoisotopic (exact) mass is 373 g/mol. The molecule has 27 heavy (non-hydrogen) atoms. The van der Waals surface area contributed by atoms with Crippen molar-refractivity contribution in [3.05, 3.63) is 45.6 Å². The maximum atomic E-state index is 13.1. The predicted molar refractivity (Wildman–Crippen MR) is 99.3 cm³/mol. The van der Waals surface area contributed by atoms with Crippen molar-refractivity contribution in [2.75, 3.05) is 4.90 Å². The van der Waals surface area contributed by atoms with Gasteiger partial charge < -0.3 is 10.4 Å². The number of carbonyl (C=O) groups is 2. The summed E-state index contributed by atoms with van der Waals surface area (Å²) < 4.78 is 0. The van der Waals surface area contributed by atoms with Gasteiger partial charge in [-0.1, -0.05) is 26.2 Å². The highest BCUT2D eigenvalue weighted by Gasteiger charge is 2.43. The van der Waals surface area contributed by atoms with Gasteiger partial charge in [-0.15, -0.1) is 0 Å². The molecular weight excluding hydrogens is 350 g/mol. The molecule has 0 bridgehead atoms. The number of nitro groups is 1. The number of nitro benzene ring substituents is 1. The van der Waals surface area contributed by atoms with Crippen molar-refractivity contribution in [3.63, 3.8) is 0 Å². The number of carboxylic acids is 1. The second kappa shape index (κ2) is 7.77. The molecule has 0 aromatic heterocycles. The fourth-order valence-electron chi connectivity index (χ4n) is 3.93. The van der Waals surface area contributed by atoms with E-state index in [0.29, 0.717) is 12.1 Å². The molecule has 1 saturated carbocycles. The SMILES string of the molecule is CCC1C(C(=O)O)=C(NC2CCCCC2)C(=O)N1c1ccc([N+](=O)[O-])cc1. The number of hydrogen-bond donors (Lipinski definition) is 2. The predicted octanol–water partition coefficient (Wildman–Crippen LogP) is 2.98. The van der Waals surface area contributed by atoms with Crippen LogP contribution >= 0.6 is 0 Å². The third-order valence-electron chi connectivity index (χ3n) is 5.26. The van der Waals surface area contributed by atoms with Crippen molar-refractivity contribution in [1.29, 1.82) is 0 Å². The largest absolute Gasteiger partial charge is 0.478 e. The quantitative estimate of drug-likeness (QED) is 0.585. The summed E-state index contributed by atoms with van der Waals surface area (Å²) in [5, 5.41) is 23.8. The minimum absolute atomic E-state index is 0.0754. The van der Waals surface area contributed by atoms with Crippen LogP contribution in [-0.2, 0) is 9.59 Å². The maximum absolute atomic E-state index is 13.1. The van der Waals surface area contributed by atoms with Crippen molar-refractivity contribution < 1.29 is 19.6 Å². The Morgan fingerprint density at radius 1 is 1.26 bits per heavy atom. The van der Waals surface area contributed by atoms with Crippen molar-refractivity contribution in [2.45, 2.75) is 57.5 Å². The van der Waals surface area contributed by atoms with Gasteiger partial charge in [0.15, 0.2) is 0 Å². The molecule has 8 heteroatoms. The molecule has 3 rings (SSSR count). The molecule has 0 spiro atoms. The number of aliphatic carboxylic acids is 1. The first-order valence-electron chi connectivity index (χ1n) is 9.26. The van der Waals surface area contributed by atoms with Gasteiger partial charge in [-0.25, -0.2) is 4.79 Å². The van der Waals surface area contributed by atoms with Crippen molar-refractivity contribution in [2.24, 2.45) is 0 Å². The first kappa shape index (κ1) is 18.9. The minimum atomic E-state index is -1.11. The Morgan fingerprint density at radius 2 is 1.89 bits per heavy atom. The van der Waals surface area contributed by atoms with Crippen LogP contribution in [-0.4, -0.2) is 34.0 Å². The van der Waals surface area contributed by atoms with Crippen LogP contribution in [0.15, 0.2) is 35.5 Å². The average Bonchev–Trinajstić information content (AvgIpc) is 2.94. The molecule has 0 saturated heterocycles. The lowest BCUT2D eigenvalue weighted by molar-refractivity contribution is -0.384. The zero-order valence-electron chi connectivity index (χ0n) is 15.2. The minimum Gasteiger partial charge on any atom is -0.478 e. The molecule has 1 aliphatic heterocycles. The van der Waals surface area contributed by atoms with Gasteiger partial charge in [-0.2, -0.15) is 0 Å². The molecule has 1 unspecified atom stereocenters. The number of nitrogens with zero attached hydrogens (tertiary/aromatic N) is 2. The Hall–Kier alpha value is -2.90.